The Labute approximate surface area is 186 Å². The Morgan fingerprint density at radius 1 is 1.10 bits per heavy atom. The van der Waals surface area contributed by atoms with Crippen LogP contribution in [0.1, 0.15) is 77.2 Å². The zero-order chi connectivity index (χ0) is 21.3. The minimum atomic E-state index is 0.177. The number of rotatable bonds is 3. The van der Waals surface area contributed by atoms with Crippen molar-refractivity contribution in [3.63, 3.8) is 0 Å². The van der Waals surface area contributed by atoms with E-state index in [2.05, 4.69) is 25.0 Å². The van der Waals surface area contributed by atoms with Crippen molar-refractivity contribution in [2.24, 2.45) is 58.7 Å². The lowest BCUT2D eigenvalue weighted by molar-refractivity contribution is -0.146. The second-order valence-electron chi connectivity index (χ2n) is 12.3. The van der Waals surface area contributed by atoms with Crippen molar-refractivity contribution in [3.8, 4) is 6.07 Å². The number of fused-ring (bicyclic) bond motifs is 7. The number of nitrogens with zero attached hydrogens (tertiary/aromatic N) is 3. The number of Topliss-reactive ketones (excluding diaryl/α,β-unsaturated/α-hetero) is 1. The second-order valence-corrected chi connectivity index (χ2v) is 12.3. The first-order valence-electron chi connectivity index (χ1n) is 12.9. The number of nitriles is 1. The van der Waals surface area contributed by atoms with Crippen LogP contribution in [0, 0.1) is 70.0 Å². The van der Waals surface area contributed by atoms with Crippen molar-refractivity contribution in [2.45, 2.75) is 78.2 Å². The molecule has 0 aromatic carbocycles. The summed E-state index contributed by atoms with van der Waals surface area (Å²) >= 11 is 0. The van der Waals surface area contributed by atoms with Gasteiger partial charge in [0.1, 0.15) is 6.07 Å². The minimum absolute atomic E-state index is 0.177. The summed E-state index contributed by atoms with van der Waals surface area (Å²) in [6.07, 6.45) is 15.6. The number of carbonyl (C=O) groups excluding carboxylic acids is 1. The number of hydrogen-bond acceptors (Lipinski definition) is 3. The van der Waals surface area contributed by atoms with Crippen molar-refractivity contribution in [1.82, 2.24) is 9.78 Å². The molecule has 1 aromatic heterocycles. The summed E-state index contributed by atoms with van der Waals surface area (Å²) < 4.78 is 1.69. The van der Waals surface area contributed by atoms with E-state index < -0.39 is 0 Å². The first-order valence-corrected chi connectivity index (χ1v) is 12.9. The van der Waals surface area contributed by atoms with Gasteiger partial charge in [-0.05, 0) is 104 Å². The third-order valence-electron chi connectivity index (χ3n) is 10.8. The highest BCUT2D eigenvalue weighted by Gasteiger charge is 2.65. The third-order valence-corrected chi connectivity index (χ3v) is 10.8. The predicted octanol–water partition coefficient (Wildman–Crippen LogP) is 5.47. The van der Waals surface area contributed by atoms with Crippen molar-refractivity contribution in [2.75, 3.05) is 0 Å². The molecule has 1 aromatic rings. The lowest BCUT2D eigenvalue weighted by Gasteiger charge is -2.60. The molecule has 6 rings (SSSR count). The third kappa shape index (κ3) is 3.13. The van der Waals surface area contributed by atoms with Gasteiger partial charge < -0.3 is 0 Å². The summed E-state index contributed by atoms with van der Waals surface area (Å²) in [7, 11) is 0. The first-order chi connectivity index (χ1) is 15.0. The molecule has 0 amide bonds. The fourth-order valence-corrected chi connectivity index (χ4v) is 9.41. The zero-order valence-corrected chi connectivity index (χ0v) is 19.2. The molecule has 1 heterocycles. The Kier molecular flexibility index (Phi) is 4.64. The summed E-state index contributed by atoms with van der Waals surface area (Å²) in [4.78, 5) is 13.6. The molecule has 10 atom stereocenters. The Morgan fingerprint density at radius 2 is 1.94 bits per heavy atom. The van der Waals surface area contributed by atoms with Crippen molar-refractivity contribution in [3.05, 3.63) is 18.0 Å². The molecule has 5 aliphatic carbocycles. The van der Waals surface area contributed by atoms with Crippen molar-refractivity contribution >= 4 is 5.78 Å². The van der Waals surface area contributed by atoms with Gasteiger partial charge in [-0.2, -0.15) is 10.4 Å². The van der Waals surface area contributed by atoms with Crippen LogP contribution in [0.4, 0.5) is 0 Å². The monoisotopic (exact) mass is 419 g/mol. The number of carbonyl (C=O) groups is 1. The van der Waals surface area contributed by atoms with Crippen LogP contribution in [0.5, 0.6) is 0 Å². The summed E-state index contributed by atoms with van der Waals surface area (Å²) in [5, 5.41) is 13.4. The van der Waals surface area contributed by atoms with Gasteiger partial charge in [-0.1, -0.05) is 20.3 Å². The maximum Gasteiger partial charge on any atom is 0.157 e. The smallest absolute Gasteiger partial charge is 0.157 e. The molecule has 0 N–H and O–H groups in total. The molecule has 0 spiro atoms. The molecule has 166 valence electrons. The Balaban J connectivity index is 1.24. The summed E-state index contributed by atoms with van der Waals surface area (Å²) in [6, 6.07) is 2.13. The van der Waals surface area contributed by atoms with E-state index in [1.54, 1.807) is 17.1 Å². The minimum Gasteiger partial charge on any atom is -0.297 e. The molecule has 0 saturated heterocycles. The quantitative estimate of drug-likeness (QED) is 0.652. The highest BCUT2D eigenvalue weighted by atomic mass is 16.1. The molecule has 5 aliphatic rings. The van der Waals surface area contributed by atoms with E-state index >= 15 is 0 Å². The summed E-state index contributed by atoms with van der Waals surface area (Å²) in [6.45, 7) is 5.29. The van der Waals surface area contributed by atoms with E-state index in [1.807, 2.05) is 0 Å². The van der Waals surface area contributed by atoms with Gasteiger partial charge in [0.15, 0.2) is 5.78 Å². The normalized spacial score (nSPS) is 47.8. The number of aromatic nitrogens is 2. The van der Waals surface area contributed by atoms with Crippen LogP contribution in [-0.2, 0) is 11.3 Å². The van der Waals surface area contributed by atoms with Gasteiger partial charge in [0.2, 0.25) is 0 Å². The maximum atomic E-state index is 13.6. The molecule has 5 fully saturated rings. The highest BCUT2D eigenvalue weighted by molar-refractivity contribution is 5.82. The fraction of sp³-hybridized carbons (Fsp3) is 0.815. The molecule has 10 unspecified atom stereocenters. The van der Waals surface area contributed by atoms with Crippen molar-refractivity contribution in [1.29, 1.82) is 5.26 Å². The van der Waals surface area contributed by atoms with Gasteiger partial charge >= 0.3 is 0 Å². The SMILES string of the molecule is CC1CCC2C(CCC3C2CCC2(C)C(C(=O)Cn4cc(C#N)cn4)CC4CC4C32)C1. The number of ketones is 1. The summed E-state index contributed by atoms with van der Waals surface area (Å²) in [5.74, 6) is 7.70. The topological polar surface area (TPSA) is 58.7 Å². The van der Waals surface area contributed by atoms with Crippen LogP contribution in [0.15, 0.2) is 12.4 Å². The lowest BCUT2D eigenvalue weighted by Crippen LogP contribution is -2.55. The van der Waals surface area contributed by atoms with E-state index in [0.717, 1.165) is 53.8 Å². The van der Waals surface area contributed by atoms with E-state index in [1.165, 1.54) is 51.4 Å². The van der Waals surface area contributed by atoms with Crippen LogP contribution in [0.2, 0.25) is 0 Å². The Hall–Kier alpha value is -1.63. The molecule has 4 heteroatoms. The van der Waals surface area contributed by atoms with E-state index in [9.17, 15) is 4.79 Å². The maximum absolute atomic E-state index is 13.6. The second kappa shape index (κ2) is 7.19. The molecule has 31 heavy (non-hydrogen) atoms. The molecule has 0 bridgehead atoms. The molecule has 0 radical (unpaired) electrons. The molecule has 4 nitrogen and oxygen atoms in total. The molecule has 0 aliphatic heterocycles. The summed E-state index contributed by atoms with van der Waals surface area (Å²) in [5.41, 5.74) is 0.720. The van der Waals surface area contributed by atoms with Crippen LogP contribution < -0.4 is 0 Å². The van der Waals surface area contributed by atoms with Gasteiger partial charge in [0.05, 0.1) is 18.3 Å². The van der Waals surface area contributed by atoms with Gasteiger partial charge in [0.25, 0.3) is 0 Å². The van der Waals surface area contributed by atoms with E-state index in [4.69, 9.17) is 5.26 Å². The van der Waals surface area contributed by atoms with Crippen molar-refractivity contribution < 1.29 is 4.79 Å². The first kappa shape index (κ1) is 20.0. The Morgan fingerprint density at radius 3 is 2.74 bits per heavy atom. The molecular formula is C27H37N3O. The standard InChI is InChI=1S/C27H37N3O/c1-16-3-5-20-18(9-16)4-6-22-21(20)7-8-27(2)24(11-19-10-23(19)26(22)27)25(31)15-30-14-17(12-28)13-29-30/h13-14,16,18-24,26H,3-11,15H2,1-2H3. The Bertz CT molecular complexity index is 914. The van der Waals surface area contributed by atoms with E-state index in [-0.39, 0.29) is 11.3 Å². The fourth-order valence-electron chi connectivity index (χ4n) is 9.41. The van der Waals surface area contributed by atoms with Crippen LogP contribution in [0.25, 0.3) is 0 Å². The zero-order valence-electron chi connectivity index (χ0n) is 19.2. The van der Waals surface area contributed by atoms with Crippen LogP contribution >= 0.6 is 0 Å². The van der Waals surface area contributed by atoms with Gasteiger partial charge in [0, 0.05) is 12.1 Å². The average Bonchev–Trinajstić information content (AvgIpc) is 3.39. The number of hydrogen-bond donors (Lipinski definition) is 0. The highest BCUT2D eigenvalue weighted by Crippen LogP contribution is 2.71. The van der Waals surface area contributed by atoms with Crippen LogP contribution in [-0.4, -0.2) is 15.6 Å². The van der Waals surface area contributed by atoms with Crippen LogP contribution in [0.3, 0.4) is 0 Å². The predicted molar refractivity (Wildman–Crippen MR) is 119 cm³/mol. The van der Waals surface area contributed by atoms with Gasteiger partial charge in [-0.25, -0.2) is 0 Å². The van der Waals surface area contributed by atoms with Gasteiger partial charge in [-0.15, -0.1) is 0 Å². The average molecular weight is 420 g/mol. The largest absolute Gasteiger partial charge is 0.297 e. The lowest BCUT2D eigenvalue weighted by atomic mass is 9.44. The molecular weight excluding hydrogens is 382 g/mol. The van der Waals surface area contributed by atoms with Gasteiger partial charge in [-0.3, -0.25) is 9.48 Å². The van der Waals surface area contributed by atoms with E-state index in [0.29, 0.717) is 17.9 Å². The molecule has 5 saturated carbocycles.